The molecule has 0 aliphatic heterocycles. The molecular weight excluding hydrogens is 328 g/mol. The number of hydrogen-bond donors (Lipinski definition) is 0. The highest BCUT2D eigenvalue weighted by molar-refractivity contribution is 5.92. The van der Waals surface area contributed by atoms with Crippen LogP contribution in [0.25, 0.3) is 6.08 Å². The van der Waals surface area contributed by atoms with Gasteiger partial charge in [-0.15, -0.1) is 0 Å². The number of esters is 1. The van der Waals surface area contributed by atoms with Crippen LogP contribution in [-0.4, -0.2) is 35.4 Å². The van der Waals surface area contributed by atoms with E-state index in [9.17, 15) is 9.59 Å². The lowest BCUT2D eigenvalue weighted by Gasteiger charge is -2.24. The van der Waals surface area contributed by atoms with Gasteiger partial charge in [0, 0.05) is 31.6 Å². The van der Waals surface area contributed by atoms with Crippen molar-refractivity contribution in [2.75, 3.05) is 13.7 Å². The van der Waals surface area contributed by atoms with Crippen LogP contribution in [0.2, 0.25) is 0 Å². The van der Waals surface area contributed by atoms with Crippen molar-refractivity contribution >= 4 is 18.0 Å². The summed E-state index contributed by atoms with van der Waals surface area (Å²) in [5.74, 6) is -0.892. The van der Waals surface area contributed by atoms with Gasteiger partial charge in [-0.1, -0.05) is 36.8 Å². The maximum atomic E-state index is 12.7. The summed E-state index contributed by atoms with van der Waals surface area (Å²) in [6.45, 7) is 4.46. The topological polar surface area (TPSA) is 59.5 Å². The molecule has 1 atom stereocenters. The third-order valence-corrected chi connectivity index (χ3v) is 4.03. The second-order valence-corrected chi connectivity index (χ2v) is 6.24. The first-order chi connectivity index (χ1) is 12.5. The van der Waals surface area contributed by atoms with E-state index in [1.807, 2.05) is 43.3 Å². The molecule has 1 unspecified atom stereocenters. The minimum Gasteiger partial charge on any atom is -0.469 e. The Morgan fingerprint density at radius 1 is 1.15 bits per heavy atom. The van der Waals surface area contributed by atoms with E-state index in [4.69, 9.17) is 4.74 Å². The number of benzene rings is 1. The Labute approximate surface area is 154 Å². The number of hydrogen-bond acceptors (Lipinski definition) is 4. The van der Waals surface area contributed by atoms with Crippen LogP contribution in [0.3, 0.4) is 0 Å². The van der Waals surface area contributed by atoms with Crippen molar-refractivity contribution in [3.63, 3.8) is 0 Å². The lowest BCUT2D eigenvalue weighted by molar-refractivity contribution is -0.146. The molecule has 0 aliphatic rings. The molecule has 5 nitrogen and oxygen atoms in total. The SMILES string of the molecule is COC(=O)C(C)CN(Cc1ccncc1)C(=O)/C=C/c1ccc(C)cc1. The number of aryl methyl sites for hydroxylation is 1. The summed E-state index contributed by atoms with van der Waals surface area (Å²) < 4.78 is 4.78. The molecule has 0 bridgehead atoms. The van der Waals surface area contributed by atoms with Crippen LogP contribution in [0.1, 0.15) is 23.6 Å². The molecule has 136 valence electrons. The zero-order valence-electron chi connectivity index (χ0n) is 15.4. The number of methoxy groups -OCH3 is 1. The number of amides is 1. The molecule has 2 aromatic rings. The summed E-state index contributed by atoms with van der Waals surface area (Å²) in [5.41, 5.74) is 3.07. The third-order valence-electron chi connectivity index (χ3n) is 4.03. The average Bonchev–Trinajstić information content (AvgIpc) is 2.66. The first-order valence-corrected chi connectivity index (χ1v) is 8.50. The number of nitrogens with zero attached hydrogens (tertiary/aromatic N) is 2. The van der Waals surface area contributed by atoms with Gasteiger partial charge < -0.3 is 9.64 Å². The van der Waals surface area contributed by atoms with Gasteiger partial charge in [0.25, 0.3) is 0 Å². The van der Waals surface area contributed by atoms with Crippen LogP contribution >= 0.6 is 0 Å². The van der Waals surface area contributed by atoms with E-state index in [1.165, 1.54) is 18.7 Å². The van der Waals surface area contributed by atoms with Gasteiger partial charge in [0.1, 0.15) is 0 Å². The molecule has 0 saturated carbocycles. The zero-order valence-corrected chi connectivity index (χ0v) is 15.4. The molecule has 5 heteroatoms. The van der Waals surface area contributed by atoms with Crippen LogP contribution in [0.4, 0.5) is 0 Å². The fourth-order valence-corrected chi connectivity index (χ4v) is 2.50. The molecule has 26 heavy (non-hydrogen) atoms. The molecule has 0 fully saturated rings. The van der Waals surface area contributed by atoms with Crippen molar-refractivity contribution in [3.8, 4) is 0 Å². The first-order valence-electron chi connectivity index (χ1n) is 8.50. The third kappa shape index (κ3) is 5.84. The van der Waals surface area contributed by atoms with Gasteiger partial charge in [-0.05, 0) is 36.3 Å². The van der Waals surface area contributed by atoms with Crippen LogP contribution in [0.15, 0.2) is 54.9 Å². The second-order valence-electron chi connectivity index (χ2n) is 6.24. The molecule has 0 spiro atoms. The van der Waals surface area contributed by atoms with Gasteiger partial charge in [0.2, 0.25) is 5.91 Å². The maximum absolute atomic E-state index is 12.7. The molecule has 0 radical (unpaired) electrons. The fourth-order valence-electron chi connectivity index (χ4n) is 2.50. The van der Waals surface area contributed by atoms with Crippen molar-refractivity contribution in [2.24, 2.45) is 5.92 Å². The van der Waals surface area contributed by atoms with E-state index in [0.717, 1.165) is 11.1 Å². The predicted octanol–water partition coefficient (Wildman–Crippen LogP) is 3.24. The summed E-state index contributed by atoms with van der Waals surface area (Å²) in [5, 5.41) is 0. The summed E-state index contributed by atoms with van der Waals surface area (Å²) >= 11 is 0. The monoisotopic (exact) mass is 352 g/mol. The summed E-state index contributed by atoms with van der Waals surface area (Å²) in [6, 6.07) is 11.6. The van der Waals surface area contributed by atoms with Crippen molar-refractivity contribution in [2.45, 2.75) is 20.4 Å². The standard InChI is InChI=1S/C21H24N2O3/c1-16-4-6-18(7-5-16)8-9-20(24)23(14-17(2)21(25)26-3)15-19-10-12-22-13-11-19/h4-13,17H,14-15H2,1-3H3/b9-8+. The number of rotatable bonds is 7. The van der Waals surface area contributed by atoms with Gasteiger partial charge in [-0.3, -0.25) is 14.6 Å². The largest absolute Gasteiger partial charge is 0.469 e. The smallest absolute Gasteiger partial charge is 0.310 e. The van der Waals surface area contributed by atoms with Crippen molar-refractivity contribution in [1.82, 2.24) is 9.88 Å². The minimum absolute atomic E-state index is 0.154. The Hall–Kier alpha value is -2.95. The summed E-state index contributed by atoms with van der Waals surface area (Å²) in [7, 11) is 1.35. The molecule has 0 N–H and O–H groups in total. The maximum Gasteiger partial charge on any atom is 0.310 e. The van der Waals surface area contributed by atoms with Crippen LogP contribution in [0, 0.1) is 12.8 Å². The molecule has 0 saturated heterocycles. The predicted molar refractivity (Wildman–Crippen MR) is 101 cm³/mol. The minimum atomic E-state index is -0.404. The highest BCUT2D eigenvalue weighted by Gasteiger charge is 2.20. The quantitative estimate of drug-likeness (QED) is 0.567. The summed E-state index contributed by atoms with van der Waals surface area (Å²) in [4.78, 5) is 30.1. The fraction of sp³-hybridized carbons (Fsp3) is 0.286. The lowest BCUT2D eigenvalue weighted by Crippen LogP contribution is -2.35. The number of carbonyl (C=O) groups excluding carboxylic acids is 2. The lowest BCUT2D eigenvalue weighted by atomic mass is 10.1. The van der Waals surface area contributed by atoms with E-state index in [-0.39, 0.29) is 18.4 Å². The molecule has 2 rings (SSSR count). The number of pyridine rings is 1. The van der Waals surface area contributed by atoms with E-state index in [2.05, 4.69) is 4.98 Å². The highest BCUT2D eigenvalue weighted by atomic mass is 16.5. The molecule has 1 amide bonds. The Morgan fingerprint density at radius 2 is 1.81 bits per heavy atom. The van der Waals surface area contributed by atoms with Crippen molar-refractivity contribution < 1.29 is 14.3 Å². The Bertz CT molecular complexity index is 755. The first kappa shape index (κ1) is 19.4. The molecule has 1 heterocycles. The Morgan fingerprint density at radius 3 is 2.42 bits per heavy atom. The number of aromatic nitrogens is 1. The average molecular weight is 352 g/mol. The normalized spacial score (nSPS) is 12.0. The van der Waals surface area contributed by atoms with Crippen molar-refractivity contribution in [3.05, 3.63) is 71.6 Å². The van der Waals surface area contributed by atoms with E-state index >= 15 is 0 Å². The van der Waals surface area contributed by atoms with Crippen molar-refractivity contribution in [1.29, 1.82) is 0 Å². The van der Waals surface area contributed by atoms with Crippen LogP contribution in [-0.2, 0) is 20.9 Å². The van der Waals surface area contributed by atoms with Gasteiger partial charge in [0.05, 0.1) is 13.0 Å². The van der Waals surface area contributed by atoms with E-state index < -0.39 is 5.92 Å². The van der Waals surface area contributed by atoms with Gasteiger partial charge in [-0.2, -0.15) is 0 Å². The highest BCUT2D eigenvalue weighted by Crippen LogP contribution is 2.11. The summed E-state index contributed by atoms with van der Waals surface area (Å²) in [6.07, 6.45) is 6.69. The molecule has 1 aromatic carbocycles. The van der Waals surface area contributed by atoms with Gasteiger partial charge >= 0.3 is 5.97 Å². The molecular formula is C21H24N2O3. The Balaban J connectivity index is 2.13. The van der Waals surface area contributed by atoms with Crippen LogP contribution in [0.5, 0.6) is 0 Å². The second kappa shape index (κ2) is 9.51. The molecule has 0 aliphatic carbocycles. The van der Waals surface area contributed by atoms with E-state index in [1.54, 1.807) is 30.3 Å². The Kier molecular flexibility index (Phi) is 7.09. The van der Waals surface area contributed by atoms with Gasteiger partial charge in [-0.25, -0.2) is 0 Å². The van der Waals surface area contributed by atoms with E-state index in [0.29, 0.717) is 6.54 Å². The molecule has 1 aromatic heterocycles. The van der Waals surface area contributed by atoms with Crippen LogP contribution < -0.4 is 0 Å². The number of ether oxygens (including phenoxy) is 1. The number of carbonyl (C=O) groups is 2. The van der Waals surface area contributed by atoms with Gasteiger partial charge in [0.15, 0.2) is 0 Å². The zero-order chi connectivity index (χ0) is 18.9.